The van der Waals surface area contributed by atoms with Crippen LogP contribution in [-0.4, -0.2) is 32.3 Å². The molecule has 8 heteroatoms. The molecule has 0 aliphatic rings. The quantitative estimate of drug-likeness (QED) is 0.780. The lowest BCUT2D eigenvalue weighted by molar-refractivity contribution is 0.252. The van der Waals surface area contributed by atoms with E-state index in [9.17, 15) is 9.59 Å². The van der Waals surface area contributed by atoms with E-state index < -0.39 is 0 Å². The highest BCUT2D eigenvalue weighted by molar-refractivity contribution is 5.88. The molecule has 2 aromatic rings. The van der Waals surface area contributed by atoms with E-state index in [2.05, 4.69) is 25.7 Å². The van der Waals surface area contributed by atoms with E-state index in [1.165, 1.54) is 10.7 Å². The van der Waals surface area contributed by atoms with Crippen LogP contribution < -0.4 is 16.2 Å². The lowest BCUT2D eigenvalue weighted by atomic mass is 10.3. The number of aryl methyl sites for hydroxylation is 2. The second-order valence-corrected chi connectivity index (χ2v) is 4.48. The molecule has 0 saturated heterocycles. The van der Waals surface area contributed by atoms with Gasteiger partial charge in [0, 0.05) is 24.4 Å². The first-order valence-corrected chi connectivity index (χ1v) is 6.75. The molecular formula is C13H18N6O2. The van der Waals surface area contributed by atoms with Crippen molar-refractivity contribution in [1.29, 1.82) is 0 Å². The van der Waals surface area contributed by atoms with Crippen molar-refractivity contribution in [2.75, 3.05) is 11.9 Å². The number of nitrogens with zero attached hydrogens (tertiary/aromatic N) is 3. The summed E-state index contributed by atoms with van der Waals surface area (Å²) in [7, 11) is 0. The van der Waals surface area contributed by atoms with Crippen LogP contribution in [-0.2, 0) is 6.42 Å². The molecule has 2 heterocycles. The highest BCUT2D eigenvalue weighted by atomic mass is 16.2. The maximum Gasteiger partial charge on any atom is 0.320 e. The van der Waals surface area contributed by atoms with E-state index in [-0.39, 0.29) is 17.5 Å². The van der Waals surface area contributed by atoms with E-state index in [4.69, 9.17) is 0 Å². The molecule has 2 rings (SSSR count). The van der Waals surface area contributed by atoms with Crippen LogP contribution in [0.2, 0.25) is 0 Å². The maximum atomic E-state index is 11.6. The van der Waals surface area contributed by atoms with Gasteiger partial charge in [0.2, 0.25) is 5.95 Å². The summed E-state index contributed by atoms with van der Waals surface area (Å²) in [5.74, 6) is 0.717. The van der Waals surface area contributed by atoms with Gasteiger partial charge in [-0.15, -0.1) is 0 Å². The third-order valence-electron chi connectivity index (χ3n) is 2.76. The Kier molecular flexibility index (Phi) is 4.36. The summed E-state index contributed by atoms with van der Waals surface area (Å²) >= 11 is 0. The van der Waals surface area contributed by atoms with Gasteiger partial charge in [0.25, 0.3) is 5.56 Å². The molecule has 0 unspecified atom stereocenters. The number of urea groups is 1. The average molecular weight is 290 g/mol. The molecule has 2 amide bonds. The molecule has 0 aliphatic heterocycles. The second-order valence-electron chi connectivity index (χ2n) is 4.48. The average Bonchev–Trinajstić information content (AvgIpc) is 2.79. The predicted octanol–water partition coefficient (Wildman–Crippen LogP) is 0.968. The lowest BCUT2D eigenvalue weighted by Crippen LogP contribution is -2.29. The number of rotatable bonds is 4. The predicted molar refractivity (Wildman–Crippen MR) is 78.8 cm³/mol. The SMILES string of the molecule is CCNC(=O)Nc1cc(C)nn1-c1nc(CC)cc(=O)[nH]1. The highest BCUT2D eigenvalue weighted by Gasteiger charge is 2.12. The minimum atomic E-state index is -0.340. The summed E-state index contributed by atoms with van der Waals surface area (Å²) in [4.78, 5) is 30.2. The molecule has 0 aromatic carbocycles. The number of aromatic amines is 1. The Morgan fingerprint density at radius 3 is 2.81 bits per heavy atom. The fourth-order valence-corrected chi connectivity index (χ4v) is 1.85. The number of hydrogen-bond acceptors (Lipinski definition) is 4. The maximum absolute atomic E-state index is 11.6. The Bertz CT molecular complexity index is 703. The fourth-order valence-electron chi connectivity index (χ4n) is 1.85. The standard InChI is InChI=1S/C13H18N6O2/c1-4-9-7-11(20)17-12(15-9)19-10(6-8(3)18-19)16-13(21)14-5-2/h6-7H,4-5H2,1-3H3,(H2,14,16,21)(H,15,17,20). The van der Waals surface area contributed by atoms with E-state index in [0.717, 1.165) is 0 Å². The van der Waals surface area contributed by atoms with E-state index >= 15 is 0 Å². The topological polar surface area (TPSA) is 105 Å². The van der Waals surface area contributed by atoms with Crippen molar-refractivity contribution in [2.45, 2.75) is 27.2 Å². The van der Waals surface area contributed by atoms with Crippen molar-refractivity contribution in [3.05, 3.63) is 33.9 Å². The largest absolute Gasteiger partial charge is 0.338 e. The third kappa shape index (κ3) is 3.47. The summed E-state index contributed by atoms with van der Waals surface area (Å²) in [6, 6.07) is 2.80. The normalized spacial score (nSPS) is 10.4. The zero-order valence-corrected chi connectivity index (χ0v) is 12.2. The molecule has 3 N–H and O–H groups in total. The van der Waals surface area contributed by atoms with E-state index in [1.54, 1.807) is 13.0 Å². The van der Waals surface area contributed by atoms with Gasteiger partial charge in [-0.3, -0.25) is 15.1 Å². The minimum Gasteiger partial charge on any atom is -0.338 e. The number of nitrogens with one attached hydrogen (secondary N) is 3. The first-order valence-electron chi connectivity index (χ1n) is 6.75. The molecule has 0 aliphatic carbocycles. The van der Waals surface area contributed by atoms with Crippen molar-refractivity contribution in [2.24, 2.45) is 0 Å². The molecule has 21 heavy (non-hydrogen) atoms. The number of amides is 2. The summed E-state index contributed by atoms with van der Waals surface area (Å²) < 4.78 is 1.41. The second kappa shape index (κ2) is 6.21. The molecule has 0 atom stereocenters. The van der Waals surface area contributed by atoms with Crippen LogP contribution in [0, 0.1) is 6.92 Å². The van der Waals surface area contributed by atoms with Gasteiger partial charge in [0.1, 0.15) is 5.82 Å². The molecule has 0 spiro atoms. The van der Waals surface area contributed by atoms with Crippen molar-refractivity contribution in [3.8, 4) is 5.95 Å². The number of aromatic nitrogens is 4. The van der Waals surface area contributed by atoms with Gasteiger partial charge in [0.15, 0.2) is 0 Å². The molecular weight excluding hydrogens is 272 g/mol. The molecule has 0 fully saturated rings. The van der Waals surface area contributed by atoms with Crippen molar-refractivity contribution < 1.29 is 4.79 Å². The first-order chi connectivity index (χ1) is 10.0. The number of anilines is 1. The van der Waals surface area contributed by atoms with Gasteiger partial charge in [-0.25, -0.2) is 9.78 Å². The van der Waals surface area contributed by atoms with Crippen LogP contribution in [0.1, 0.15) is 25.2 Å². The van der Waals surface area contributed by atoms with Gasteiger partial charge in [0.05, 0.1) is 5.69 Å². The van der Waals surface area contributed by atoms with Crippen LogP contribution in [0.5, 0.6) is 0 Å². The van der Waals surface area contributed by atoms with Crippen LogP contribution >= 0.6 is 0 Å². The highest BCUT2D eigenvalue weighted by Crippen LogP contribution is 2.13. The van der Waals surface area contributed by atoms with E-state index in [1.807, 2.05) is 13.8 Å². The molecule has 0 radical (unpaired) electrons. The third-order valence-corrected chi connectivity index (χ3v) is 2.76. The summed E-state index contributed by atoms with van der Waals surface area (Å²) in [6.45, 7) is 6.04. The Morgan fingerprint density at radius 1 is 1.38 bits per heavy atom. The van der Waals surface area contributed by atoms with Gasteiger partial charge in [-0.2, -0.15) is 9.78 Å². The lowest BCUT2D eigenvalue weighted by Gasteiger charge is -2.08. The zero-order chi connectivity index (χ0) is 15.4. The molecule has 0 saturated carbocycles. The monoisotopic (exact) mass is 290 g/mol. The minimum absolute atomic E-state index is 0.256. The number of H-pyrrole nitrogens is 1. The van der Waals surface area contributed by atoms with Crippen LogP contribution in [0.15, 0.2) is 16.9 Å². The van der Waals surface area contributed by atoms with Gasteiger partial charge in [-0.05, 0) is 20.3 Å². The Balaban J connectivity index is 2.42. The molecule has 2 aromatic heterocycles. The van der Waals surface area contributed by atoms with Gasteiger partial charge in [-0.1, -0.05) is 6.92 Å². The molecule has 112 valence electrons. The van der Waals surface area contributed by atoms with Crippen molar-refractivity contribution in [3.63, 3.8) is 0 Å². The number of carbonyl (C=O) groups excluding carboxylic acids is 1. The fraction of sp³-hybridized carbons (Fsp3) is 0.385. The summed E-state index contributed by atoms with van der Waals surface area (Å²) in [5, 5.41) is 9.56. The summed E-state index contributed by atoms with van der Waals surface area (Å²) in [6.07, 6.45) is 0.635. The van der Waals surface area contributed by atoms with Crippen LogP contribution in [0.25, 0.3) is 5.95 Å². The Hall–Kier alpha value is -2.64. The number of hydrogen-bond donors (Lipinski definition) is 3. The van der Waals surface area contributed by atoms with Gasteiger partial charge >= 0.3 is 6.03 Å². The van der Waals surface area contributed by atoms with Crippen LogP contribution in [0.3, 0.4) is 0 Å². The summed E-state index contributed by atoms with van der Waals surface area (Å²) in [5.41, 5.74) is 1.10. The number of carbonyl (C=O) groups is 1. The van der Waals surface area contributed by atoms with Crippen molar-refractivity contribution >= 4 is 11.8 Å². The zero-order valence-electron chi connectivity index (χ0n) is 12.2. The Morgan fingerprint density at radius 2 is 2.14 bits per heavy atom. The van der Waals surface area contributed by atoms with Crippen molar-refractivity contribution in [1.82, 2.24) is 25.1 Å². The first kappa shape index (κ1) is 14.8. The smallest absolute Gasteiger partial charge is 0.320 e. The Labute approximate surface area is 121 Å². The van der Waals surface area contributed by atoms with Gasteiger partial charge < -0.3 is 5.32 Å². The van der Waals surface area contributed by atoms with E-state index in [0.29, 0.717) is 30.2 Å². The van der Waals surface area contributed by atoms with Crippen LogP contribution in [0.4, 0.5) is 10.6 Å². The molecule has 8 nitrogen and oxygen atoms in total. The molecule has 0 bridgehead atoms.